The third-order valence-corrected chi connectivity index (χ3v) is 6.51. The van der Waals surface area contributed by atoms with Gasteiger partial charge in [-0.2, -0.15) is 5.10 Å². The van der Waals surface area contributed by atoms with Gasteiger partial charge in [-0.1, -0.05) is 45.2 Å². The van der Waals surface area contributed by atoms with Crippen LogP contribution in [0.4, 0.5) is 10.1 Å². The van der Waals surface area contributed by atoms with Gasteiger partial charge >= 0.3 is 0 Å². The number of hydrogen-bond donors (Lipinski definition) is 3. The molecule has 0 spiro atoms. The number of rotatable bonds is 7. The summed E-state index contributed by atoms with van der Waals surface area (Å²) in [5.74, 6) is 0.0323. The summed E-state index contributed by atoms with van der Waals surface area (Å²) in [6.45, 7) is 14.5. The van der Waals surface area contributed by atoms with Crippen LogP contribution in [0.15, 0.2) is 80.0 Å². The van der Waals surface area contributed by atoms with E-state index in [1.807, 2.05) is 25.1 Å². The van der Waals surface area contributed by atoms with E-state index in [-0.39, 0.29) is 5.82 Å². The van der Waals surface area contributed by atoms with E-state index in [0.717, 1.165) is 66.5 Å². The van der Waals surface area contributed by atoms with E-state index in [9.17, 15) is 4.39 Å². The van der Waals surface area contributed by atoms with Gasteiger partial charge in [0.25, 0.3) is 0 Å². The fourth-order valence-electron chi connectivity index (χ4n) is 4.24. The van der Waals surface area contributed by atoms with E-state index in [1.165, 1.54) is 12.1 Å². The Balaban J connectivity index is 1.56. The Labute approximate surface area is 220 Å². The molecule has 3 N–H and O–H groups in total. The van der Waals surface area contributed by atoms with Gasteiger partial charge in [0.2, 0.25) is 0 Å². The van der Waals surface area contributed by atoms with Crippen LogP contribution in [0.1, 0.15) is 26.3 Å². The highest BCUT2D eigenvalue weighted by Crippen LogP contribution is 2.30. The summed E-state index contributed by atoms with van der Waals surface area (Å²) >= 11 is 0. The molecule has 0 saturated heterocycles. The molecule has 5 rings (SSSR count). The molecule has 0 aliphatic carbocycles. The van der Waals surface area contributed by atoms with Crippen molar-refractivity contribution in [3.8, 4) is 22.5 Å². The summed E-state index contributed by atoms with van der Waals surface area (Å²) in [5, 5.41) is 13.8. The van der Waals surface area contributed by atoms with Crippen LogP contribution >= 0.6 is 0 Å². The highest BCUT2D eigenvalue weighted by atomic mass is 19.1. The van der Waals surface area contributed by atoms with Crippen LogP contribution in [-0.2, 0) is 0 Å². The molecule has 4 heterocycles. The van der Waals surface area contributed by atoms with Crippen LogP contribution in [0.5, 0.6) is 0 Å². The van der Waals surface area contributed by atoms with Gasteiger partial charge in [-0.25, -0.2) is 4.39 Å². The van der Waals surface area contributed by atoms with Gasteiger partial charge in [0.1, 0.15) is 11.5 Å². The molecule has 0 unspecified atom stereocenters. The van der Waals surface area contributed by atoms with Gasteiger partial charge in [-0.3, -0.25) is 15.1 Å². The number of nitrogens with one attached hydrogen (secondary N) is 3. The lowest BCUT2D eigenvalue weighted by atomic mass is 10.0. The minimum atomic E-state index is -0.273. The average Bonchev–Trinajstić information content (AvgIpc) is 3.53. The smallest absolute Gasteiger partial charge is 0.123 e. The van der Waals surface area contributed by atoms with E-state index in [1.54, 1.807) is 36.9 Å². The van der Waals surface area contributed by atoms with Crippen LogP contribution in [0, 0.1) is 11.7 Å². The second-order valence-corrected chi connectivity index (χ2v) is 9.46. The second kappa shape index (κ2) is 10.3. The number of hydrogen-bond acceptors (Lipinski definition) is 4. The van der Waals surface area contributed by atoms with Gasteiger partial charge in [-0.15, -0.1) is 0 Å². The van der Waals surface area contributed by atoms with Crippen molar-refractivity contribution >= 4 is 34.3 Å². The number of halogens is 1. The average molecular weight is 505 g/mol. The second-order valence-electron chi connectivity index (χ2n) is 9.46. The number of nitrogens with zero attached hydrogens (tertiary/aromatic N) is 3. The lowest BCUT2D eigenvalue weighted by molar-refractivity contribution is 0.628. The number of benzene rings is 1. The van der Waals surface area contributed by atoms with Crippen molar-refractivity contribution in [2.24, 2.45) is 5.92 Å². The molecule has 0 radical (unpaired) electrons. The fourth-order valence-corrected chi connectivity index (χ4v) is 4.24. The van der Waals surface area contributed by atoms with E-state index < -0.39 is 0 Å². The van der Waals surface area contributed by atoms with Crippen molar-refractivity contribution < 1.29 is 4.39 Å². The number of allylic oxidation sites excluding steroid dienone is 2. The molecule has 1 aromatic carbocycles. The first-order valence-corrected chi connectivity index (χ1v) is 12.4. The maximum atomic E-state index is 13.5. The number of aromatic amines is 2. The predicted molar refractivity (Wildman–Crippen MR) is 154 cm³/mol. The molecule has 7 heteroatoms. The van der Waals surface area contributed by atoms with E-state index in [2.05, 4.69) is 63.5 Å². The monoisotopic (exact) mass is 504 g/mol. The number of pyridine rings is 2. The summed E-state index contributed by atoms with van der Waals surface area (Å²) in [4.78, 5) is 12.2. The van der Waals surface area contributed by atoms with Crippen LogP contribution in [0.25, 0.3) is 51.1 Å². The van der Waals surface area contributed by atoms with Gasteiger partial charge < -0.3 is 10.3 Å². The number of anilines is 1. The van der Waals surface area contributed by atoms with Gasteiger partial charge in [0.15, 0.2) is 0 Å². The van der Waals surface area contributed by atoms with E-state index >= 15 is 0 Å². The molecule has 0 aliphatic heterocycles. The lowest BCUT2D eigenvalue weighted by Crippen LogP contribution is -2.23. The standard InChI is InChI=1S/C31H29FN6/c1-6-28-26(11-19(4)22-12-24(15-33-14-22)35-20(5)18(2)3)31(38-37-28)29-13-25-27(16-34-17-30(25)36-29)21-7-9-23(32)10-8-21/h6-18,35-37H,4-5H2,1-3H3/b26-11+,28-6+. The molecule has 190 valence electrons. The SMILES string of the molecule is C=C(/C=c1/c(-c2cc3c(-c4ccc(F)cc4)cncc3[nH]2)n[nH]/c1=C/C)c1cncc(NC(=C)C(C)C)c1. The Morgan fingerprint density at radius 3 is 2.53 bits per heavy atom. The maximum absolute atomic E-state index is 13.5. The summed E-state index contributed by atoms with van der Waals surface area (Å²) < 4.78 is 13.5. The molecule has 0 aliphatic rings. The third-order valence-electron chi connectivity index (χ3n) is 6.51. The fraction of sp³-hybridized carbons (Fsp3) is 0.129. The Kier molecular flexibility index (Phi) is 6.75. The van der Waals surface area contributed by atoms with Gasteiger partial charge in [-0.05, 0) is 54.3 Å². The zero-order valence-electron chi connectivity index (χ0n) is 21.6. The van der Waals surface area contributed by atoms with Crippen LogP contribution in [0.2, 0.25) is 0 Å². The summed E-state index contributed by atoms with van der Waals surface area (Å²) in [6, 6.07) is 10.5. The molecular formula is C31H29FN6. The van der Waals surface area contributed by atoms with Gasteiger partial charge in [0, 0.05) is 39.8 Å². The van der Waals surface area contributed by atoms with Crippen molar-refractivity contribution in [1.29, 1.82) is 0 Å². The first-order valence-electron chi connectivity index (χ1n) is 12.4. The maximum Gasteiger partial charge on any atom is 0.123 e. The molecule has 0 atom stereocenters. The van der Waals surface area contributed by atoms with E-state index in [0.29, 0.717) is 5.92 Å². The zero-order valence-corrected chi connectivity index (χ0v) is 21.6. The van der Waals surface area contributed by atoms with Crippen LogP contribution in [0.3, 0.4) is 0 Å². The quantitative estimate of drug-likeness (QED) is 0.253. The minimum absolute atomic E-state index is 0.273. The predicted octanol–water partition coefficient (Wildman–Crippen LogP) is 6.03. The van der Waals surface area contributed by atoms with Crippen molar-refractivity contribution in [2.75, 3.05) is 5.32 Å². The summed E-state index contributed by atoms with van der Waals surface area (Å²) in [7, 11) is 0. The molecule has 38 heavy (non-hydrogen) atoms. The molecule has 0 saturated carbocycles. The van der Waals surface area contributed by atoms with Crippen molar-refractivity contribution in [1.82, 2.24) is 25.1 Å². The number of aromatic nitrogens is 5. The summed E-state index contributed by atoms with van der Waals surface area (Å²) in [5.41, 5.74) is 7.74. The normalized spacial score (nSPS) is 12.4. The molecule has 0 amide bonds. The van der Waals surface area contributed by atoms with Crippen molar-refractivity contribution in [2.45, 2.75) is 20.8 Å². The highest BCUT2D eigenvalue weighted by Gasteiger charge is 2.13. The van der Waals surface area contributed by atoms with Crippen molar-refractivity contribution in [3.63, 3.8) is 0 Å². The Morgan fingerprint density at radius 2 is 1.79 bits per heavy atom. The summed E-state index contributed by atoms with van der Waals surface area (Å²) in [6.07, 6.45) is 11.1. The van der Waals surface area contributed by atoms with Crippen LogP contribution < -0.4 is 15.9 Å². The topological polar surface area (TPSA) is 82.3 Å². The first-order chi connectivity index (χ1) is 18.3. The van der Waals surface area contributed by atoms with Gasteiger partial charge in [0.05, 0.1) is 34.6 Å². The van der Waals surface area contributed by atoms with Crippen LogP contribution in [-0.4, -0.2) is 25.1 Å². The zero-order chi connectivity index (χ0) is 26.8. The number of fused-ring (bicyclic) bond motifs is 1. The first kappa shape index (κ1) is 24.9. The minimum Gasteiger partial charge on any atom is -0.358 e. The molecule has 6 nitrogen and oxygen atoms in total. The molecule has 0 fully saturated rings. The van der Waals surface area contributed by atoms with Crippen molar-refractivity contribution in [3.05, 3.63) is 102 Å². The Morgan fingerprint density at radius 1 is 1.03 bits per heavy atom. The lowest BCUT2D eigenvalue weighted by Gasteiger charge is -2.13. The largest absolute Gasteiger partial charge is 0.358 e. The molecule has 0 bridgehead atoms. The third kappa shape index (κ3) is 4.91. The highest BCUT2D eigenvalue weighted by molar-refractivity contribution is 5.97. The molecule has 4 aromatic heterocycles. The van der Waals surface area contributed by atoms with E-state index in [4.69, 9.17) is 0 Å². The number of H-pyrrole nitrogens is 2. The Bertz CT molecular complexity index is 1770. The molecule has 5 aromatic rings. The molecular weight excluding hydrogens is 475 g/mol. The Hall–Kier alpha value is -4.78.